The van der Waals surface area contributed by atoms with Crippen LogP contribution < -0.4 is 0 Å². The number of hydrogen-bond donors (Lipinski definition) is 0. The number of rotatable bonds is 3. The Morgan fingerprint density at radius 1 is 1.46 bits per heavy atom. The van der Waals surface area contributed by atoms with Gasteiger partial charge in [-0.05, 0) is 13.8 Å². The maximum Gasteiger partial charge on any atom is 0.209 e. The highest BCUT2D eigenvalue weighted by molar-refractivity contribution is 7.93. The van der Waals surface area contributed by atoms with Gasteiger partial charge in [-0.25, -0.2) is 13.4 Å². The smallest absolute Gasteiger partial charge is 0.209 e. The van der Waals surface area contributed by atoms with Crippen molar-refractivity contribution in [2.45, 2.75) is 18.2 Å². The first-order valence-corrected chi connectivity index (χ1v) is 6.70. The van der Waals surface area contributed by atoms with E-state index >= 15 is 0 Å². The third kappa shape index (κ3) is 2.42. The van der Waals surface area contributed by atoms with Crippen LogP contribution in [0.1, 0.15) is 10.6 Å². The molecule has 0 spiro atoms. The molecule has 0 N–H and O–H groups in total. The molecule has 13 heavy (non-hydrogen) atoms. The third-order valence-corrected chi connectivity index (χ3v) is 5.28. The summed E-state index contributed by atoms with van der Waals surface area (Å²) in [6.45, 7) is 3.65. The van der Waals surface area contributed by atoms with Crippen LogP contribution >= 0.6 is 22.9 Å². The zero-order valence-corrected chi connectivity index (χ0v) is 9.76. The summed E-state index contributed by atoms with van der Waals surface area (Å²) in [7, 11) is -3.24. The predicted octanol–water partition coefficient (Wildman–Crippen LogP) is 1.77. The zero-order chi connectivity index (χ0) is 10.1. The fraction of sp³-hybridized carbons (Fsp3) is 0.571. The van der Waals surface area contributed by atoms with Gasteiger partial charge in [-0.3, -0.25) is 0 Å². The first-order valence-electron chi connectivity index (χ1n) is 3.70. The Morgan fingerprint density at radius 3 is 2.46 bits per heavy atom. The molecule has 0 saturated carbocycles. The molecule has 0 unspecified atom stereocenters. The summed E-state index contributed by atoms with van der Waals surface area (Å²) >= 11 is 6.58. The number of hydrogen-bond acceptors (Lipinski definition) is 4. The molecule has 1 aromatic rings. The highest BCUT2D eigenvalue weighted by Gasteiger charge is 2.18. The summed E-state index contributed by atoms with van der Waals surface area (Å²) in [5.41, 5.74) is 0.776. The van der Waals surface area contributed by atoms with Gasteiger partial charge in [0.15, 0.2) is 0 Å². The fourth-order valence-corrected chi connectivity index (χ4v) is 3.80. The van der Waals surface area contributed by atoms with E-state index < -0.39 is 9.84 Å². The number of thiazole rings is 1. The summed E-state index contributed by atoms with van der Waals surface area (Å²) in [6.07, 6.45) is 0. The van der Waals surface area contributed by atoms with E-state index in [-0.39, 0.29) is 16.0 Å². The molecule has 74 valence electrons. The van der Waals surface area contributed by atoms with E-state index in [1.807, 2.05) is 6.92 Å². The van der Waals surface area contributed by atoms with Gasteiger partial charge in [0.2, 0.25) is 14.2 Å². The van der Waals surface area contributed by atoms with Crippen molar-refractivity contribution in [1.29, 1.82) is 0 Å². The lowest BCUT2D eigenvalue weighted by Gasteiger charge is -1.94. The molecule has 0 amide bonds. The monoisotopic (exact) mass is 239 g/mol. The van der Waals surface area contributed by atoms with Crippen LogP contribution in [0.25, 0.3) is 0 Å². The van der Waals surface area contributed by atoms with Gasteiger partial charge >= 0.3 is 0 Å². The molecule has 1 heterocycles. The molecule has 0 aromatic carbocycles. The number of nitrogens with zero attached hydrogens (tertiary/aromatic N) is 1. The standard InChI is InChI=1S/C7H10ClNO2S2/c1-5-6(2)12-7(9-5)13(10,11)4-3-8/h3-4H2,1-2H3. The van der Waals surface area contributed by atoms with Crippen molar-refractivity contribution in [2.75, 3.05) is 11.6 Å². The summed E-state index contributed by atoms with van der Waals surface area (Å²) in [6, 6.07) is 0. The minimum atomic E-state index is -3.24. The number of halogens is 1. The summed E-state index contributed by atoms with van der Waals surface area (Å²) in [5.74, 6) is 0.0704. The van der Waals surface area contributed by atoms with Gasteiger partial charge in [0.05, 0.1) is 11.4 Å². The van der Waals surface area contributed by atoms with Gasteiger partial charge in [0, 0.05) is 10.8 Å². The molecule has 0 aliphatic carbocycles. The van der Waals surface area contributed by atoms with Crippen molar-refractivity contribution in [3.05, 3.63) is 10.6 Å². The van der Waals surface area contributed by atoms with Crippen molar-refractivity contribution >= 4 is 32.8 Å². The van der Waals surface area contributed by atoms with Gasteiger partial charge in [0.25, 0.3) is 0 Å². The van der Waals surface area contributed by atoms with E-state index in [0.29, 0.717) is 0 Å². The second-order valence-corrected chi connectivity index (χ2v) is 6.49. The van der Waals surface area contributed by atoms with E-state index in [4.69, 9.17) is 11.6 Å². The van der Waals surface area contributed by atoms with Crippen LogP contribution in [0, 0.1) is 13.8 Å². The molecule has 0 aliphatic rings. The molecule has 1 aromatic heterocycles. The van der Waals surface area contributed by atoms with E-state index in [2.05, 4.69) is 4.98 Å². The Hall–Kier alpha value is -0.130. The average Bonchev–Trinajstić information content (AvgIpc) is 2.33. The molecule has 1 rings (SSSR count). The van der Waals surface area contributed by atoms with Gasteiger partial charge in [0.1, 0.15) is 0 Å². The first-order chi connectivity index (χ1) is 5.97. The zero-order valence-electron chi connectivity index (χ0n) is 7.37. The number of aryl methyl sites for hydroxylation is 2. The highest BCUT2D eigenvalue weighted by atomic mass is 35.5. The molecule has 0 bridgehead atoms. The lowest BCUT2D eigenvalue weighted by Crippen LogP contribution is -2.07. The molecular weight excluding hydrogens is 230 g/mol. The lowest BCUT2D eigenvalue weighted by molar-refractivity contribution is 0.596. The number of aromatic nitrogens is 1. The summed E-state index contributed by atoms with van der Waals surface area (Å²) in [4.78, 5) is 4.91. The molecule has 0 radical (unpaired) electrons. The topological polar surface area (TPSA) is 47.0 Å². The van der Waals surface area contributed by atoms with Gasteiger partial charge < -0.3 is 0 Å². The Labute approximate surface area is 86.7 Å². The lowest BCUT2D eigenvalue weighted by atomic mass is 10.4. The summed E-state index contributed by atoms with van der Waals surface area (Å²) < 4.78 is 23.1. The highest BCUT2D eigenvalue weighted by Crippen LogP contribution is 2.21. The van der Waals surface area contributed by atoms with Crippen LogP contribution in [-0.2, 0) is 9.84 Å². The van der Waals surface area contributed by atoms with Crippen LogP contribution in [0.15, 0.2) is 4.34 Å². The number of sulfone groups is 1. The molecule has 0 aliphatic heterocycles. The third-order valence-electron chi connectivity index (χ3n) is 1.62. The van der Waals surface area contributed by atoms with Gasteiger partial charge in [-0.2, -0.15) is 0 Å². The quantitative estimate of drug-likeness (QED) is 0.756. The van der Waals surface area contributed by atoms with Crippen LogP contribution in [0.2, 0.25) is 0 Å². The molecule has 0 fully saturated rings. The largest absolute Gasteiger partial charge is 0.230 e. The Balaban J connectivity index is 3.08. The van der Waals surface area contributed by atoms with E-state index in [1.165, 1.54) is 11.3 Å². The van der Waals surface area contributed by atoms with E-state index in [1.54, 1.807) is 6.92 Å². The normalized spacial score (nSPS) is 11.9. The Bertz CT molecular complexity index is 377. The van der Waals surface area contributed by atoms with Crippen molar-refractivity contribution in [1.82, 2.24) is 4.98 Å². The van der Waals surface area contributed by atoms with Crippen LogP contribution in [-0.4, -0.2) is 25.0 Å². The second kappa shape index (κ2) is 3.94. The van der Waals surface area contributed by atoms with Gasteiger partial charge in [-0.1, -0.05) is 0 Å². The predicted molar refractivity (Wildman–Crippen MR) is 54.4 cm³/mol. The second-order valence-electron chi connectivity index (χ2n) is 2.63. The maximum absolute atomic E-state index is 11.5. The average molecular weight is 240 g/mol. The molecule has 0 atom stereocenters. The van der Waals surface area contributed by atoms with Crippen LogP contribution in [0.5, 0.6) is 0 Å². The van der Waals surface area contributed by atoms with Crippen molar-refractivity contribution in [3.8, 4) is 0 Å². The minimum absolute atomic E-state index is 0.0407. The Kier molecular flexibility index (Phi) is 3.32. The maximum atomic E-state index is 11.5. The van der Waals surface area contributed by atoms with E-state index in [9.17, 15) is 8.42 Å². The van der Waals surface area contributed by atoms with Crippen molar-refractivity contribution < 1.29 is 8.42 Å². The van der Waals surface area contributed by atoms with E-state index in [0.717, 1.165) is 10.6 Å². The van der Waals surface area contributed by atoms with Crippen LogP contribution in [0.4, 0.5) is 0 Å². The fourth-order valence-electron chi connectivity index (χ4n) is 0.765. The molecule has 3 nitrogen and oxygen atoms in total. The molecule has 0 saturated heterocycles. The van der Waals surface area contributed by atoms with Crippen LogP contribution in [0.3, 0.4) is 0 Å². The first kappa shape index (κ1) is 10.9. The molecular formula is C7H10ClNO2S2. The Morgan fingerprint density at radius 2 is 2.08 bits per heavy atom. The SMILES string of the molecule is Cc1nc(S(=O)(=O)CCCl)sc1C. The van der Waals surface area contributed by atoms with Gasteiger partial charge in [-0.15, -0.1) is 22.9 Å². The van der Waals surface area contributed by atoms with Crippen molar-refractivity contribution in [3.63, 3.8) is 0 Å². The summed E-state index contributed by atoms with van der Waals surface area (Å²) in [5, 5.41) is 0. The number of alkyl halides is 1. The minimum Gasteiger partial charge on any atom is -0.230 e. The molecule has 6 heteroatoms. The van der Waals surface area contributed by atoms with Crippen molar-refractivity contribution in [2.24, 2.45) is 0 Å².